The van der Waals surface area contributed by atoms with Gasteiger partial charge >= 0.3 is 6.18 Å². The summed E-state index contributed by atoms with van der Waals surface area (Å²) >= 11 is 0. The van der Waals surface area contributed by atoms with Crippen LogP contribution in [0.4, 0.5) is 18.9 Å². The number of sulfonamides is 1. The molecular weight excluding hydrogens is 389 g/mol. The monoisotopic (exact) mass is 406 g/mol. The van der Waals surface area contributed by atoms with E-state index in [4.69, 9.17) is 0 Å². The van der Waals surface area contributed by atoms with Crippen molar-refractivity contribution in [1.82, 2.24) is 4.31 Å². The molecule has 2 rings (SSSR count). The van der Waals surface area contributed by atoms with E-state index in [1.807, 2.05) is 0 Å². The largest absolute Gasteiger partial charge is 0.466 e. The Morgan fingerprint density at radius 3 is 2.41 bits per heavy atom. The molecule has 0 aliphatic rings. The number of rotatable bonds is 6. The first-order valence-corrected chi connectivity index (χ1v) is 8.97. The van der Waals surface area contributed by atoms with Crippen molar-refractivity contribution < 1.29 is 35.9 Å². The molecule has 0 saturated heterocycles. The van der Waals surface area contributed by atoms with Gasteiger partial charge in [0.15, 0.2) is 0 Å². The van der Waals surface area contributed by atoms with Crippen LogP contribution >= 0.6 is 0 Å². The maximum Gasteiger partial charge on any atom is 0.425 e. The van der Waals surface area contributed by atoms with E-state index in [1.165, 1.54) is 32.3 Å². The van der Waals surface area contributed by atoms with Crippen LogP contribution in [0.3, 0.4) is 0 Å². The van der Waals surface area contributed by atoms with Crippen molar-refractivity contribution in [2.75, 3.05) is 19.4 Å². The van der Waals surface area contributed by atoms with Crippen molar-refractivity contribution in [2.24, 2.45) is 0 Å². The highest BCUT2D eigenvalue weighted by atomic mass is 32.2. The van der Waals surface area contributed by atoms with Gasteiger partial charge in [-0.25, -0.2) is 12.7 Å². The topological polar surface area (TPSA) is 99.9 Å². The average Bonchev–Trinajstić information content (AvgIpc) is 3.08. The second-order valence-corrected chi connectivity index (χ2v) is 8.03. The first kappa shape index (κ1) is 20.9. The number of carbonyl (C=O) groups is 1. The summed E-state index contributed by atoms with van der Waals surface area (Å²) in [6.45, 7) is 0. The van der Waals surface area contributed by atoms with E-state index < -0.39 is 39.9 Å². The van der Waals surface area contributed by atoms with Crippen molar-refractivity contribution in [3.05, 3.63) is 48.4 Å². The minimum absolute atomic E-state index is 0.0353. The summed E-state index contributed by atoms with van der Waals surface area (Å²) in [6, 6.07) is 7.08. The van der Waals surface area contributed by atoms with Gasteiger partial charge in [0.05, 0.1) is 17.6 Å². The van der Waals surface area contributed by atoms with Gasteiger partial charge in [0.1, 0.15) is 5.76 Å². The predicted molar refractivity (Wildman–Crippen MR) is 89.2 cm³/mol. The van der Waals surface area contributed by atoms with Crippen molar-refractivity contribution in [3.8, 4) is 0 Å². The van der Waals surface area contributed by atoms with Gasteiger partial charge in [0, 0.05) is 19.8 Å². The maximum atomic E-state index is 13.3. The Morgan fingerprint density at radius 1 is 1.22 bits per heavy atom. The molecule has 0 radical (unpaired) electrons. The van der Waals surface area contributed by atoms with E-state index in [0.29, 0.717) is 0 Å². The number of alkyl halides is 3. The first-order valence-electron chi connectivity index (χ1n) is 7.53. The van der Waals surface area contributed by atoms with E-state index in [9.17, 15) is 31.5 Å². The van der Waals surface area contributed by atoms with Gasteiger partial charge in [-0.1, -0.05) is 6.07 Å². The molecule has 27 heavy (non-hydrogen) atoms. The fourth-order valence-corrected chi connectivity index (χ4v) is 3.17. The van der Waals surface area contributed by atoms with Crippen LogP contribution in [0.25, 0.3) is 0 Å². The summed E-state index contributed by atoms with van der Waals surface area (Å²) in [5.74, 6) is -2.00. The normalized spacial score (nSPS) is 14.8. The van der Waals surface area contributed by atoms with Gasteiger partial charge in [0.2, 0.25) is 21.5 Å². The van der Waals surface area contributed by atoms with E-state index in [2.05, 4.69) is 9.73 Å². The number of amides is 1. The van der Waals surface area contributed by atoms with Crippen LogP contribution in [0.1, 0.15) is 12.2 Å². The lowest BCUT2D eigenvalue weighted by Crippen LogP contribution is -2.44. The summed E-state index contributed by atoms with van der Waals surface area (Å²) in [5.41, 5.74) is -3.56. The molecule has 2 aromatic rings. The fraction of sp³-hybridized carbons (Fsp3) is 0.312. The zero-order valence-corrected chi connectivity index (χ0v) is 15.1. The molecule has 0 fully saturated rings. The highest BCUT2D eigenvalue weighted by Gasteiger charge is 2.58. The van der Waals surface area contributed by atoms with E-state index >= 15 is 0 Å². The first-order chi connectivity index (χ1) is 12.4. The van der Waals surface area contributed by atoms with Crippen LogP contribution in [0.2, 0.25) is 0 Å². The summed E-state index contributed by atoms with van der Waals surface area (Å²) < 4.78 is 69.7. The van der Waals surface area contributed by atoms with Crippen LogP contribution in [0.15, 0.2) is 52.0 Å². The van der Waals surface area contributed by atoms with E-state index in [1.54, 1.807) is 0 Å². The molecule has 1 aromatic carbocycles. The highest BCUT2D eigenvalue weighted by Crippen LogP contribution is 2.42. The third kappa shape index (κ3) is 4.31. The molecule has 1 atom stereocenters. The lowest BCUT2D eigenvalue weighted by Gasteiger charge is -2.27. The lowest BCUT2D eigenvalue weighted by atomic mass is 9.95. The Kier molecular flexibility index (Phi) is 5.68. The second-order valence-electron chi connectivity index (χ2n) is 5.88. The maximum absolute atomic E-state index is 13.3. The third-order valence-electron chi connectivity index (χ3n) is 3.71. The smallest absolute Gasteiger partial charge is 0.425 e. The molecule has 0 aliphatic carbocycles. The number of nitrogens with one attached hydrogen (secondary N) is 1. The Balaban J connectivity index is 2.25. The molecule has 1 heterocycles. The predicted octanol–water partition coefficient (Wildman–Crippen LogP) is 2.31. The van der Waals surface area contributed by atoms with Gasteiger partial charge < -0.3 is 14.8 Å². The SMILES string of the molecule is CN(C)S(=O)(=O)c1cccc(NC(=O)C[C@](O)(c2ccco2)C(F)(F)F)c1. The second kappa shape index (κ2) is 7.33. The minimum Gasteiger partial charge on any atom is -0.466 e. The van der Waals surface area contributed by atoms with Crippen LogP contribution in [0, 0.1) is 0 Å². The number of furan rings is 1. The number of benzene rings is 1. The van der Waals surface area contributed by atoms with E-state index in [-0.39, 0.29) is 10.6 Å². The molecule has 1 amide bonds. The van der Waals surface area contributed by atoms with Gasteiger partial charge in [-0.2, -0.15) is 13.2 Å². The number of aliphatic hydroxyl groups is 1. The standard InChI is InChI=1S/C16H17F3N2O5S/c1-21(2)27(24,25)12-6-3-5-11(9-12)20-14(22)10-15(23,16(17,18)19)13-7-4-8-26-13/h3-9,23H,10H2,1-2H3,(H,20,22)/t15-/m0/s1. The quantitative estimate of drug-likeness (QED) is 0.767. The minimum atomic E-state index is -5.17. The molecule has 1 aromatic heterocycles. The Labute approximate surface area is 153 Å². The Bertz CT molecular complexity index is 910. The number of halogens is 3. The molecule has 0 aliphatic heterocycles. The summed E-state index contributed by atoms with van der Waals surface area (Å²) in [4.78, 5) is 11.9. The molecular formula is C16H17F3N2O5S. The molecule has 148 valence electrons. The van der Waals surface area contributed by atoms with Crippen molar-refractivity contribution in [2.45, 2.75) is 23.1 Å². The fourth-order valence-electron chi connectivity index (χ4n) is 2.22. The number of carbonyl (C=O) groups excluding carboxylic acids is 1. The molecule has 0 spiro atoms. The molecule has 0 saturated carbocycles. The molecule has 7 nitrogen and oxygen atoms in total. The van der Waals surface area contributed by atoms with Crippen molar-refractivity contribution in [3.63, 3.8) is 0 Å². The van der Waals surface area contributed by atoms with Gasteiger partial charge in [-0.05, 0) is 30.3 Å². The van der Waals surface area contributed by atoms with Crippen LogP contribution < -0.4 is 5.32 Å². The highest BCUT2D eigenvalue weighted by molar-refractivity contribution is 7.89. The average molecular weight is 406 g/mol. The molecule has 0 bridgehead atoms. The molecule has 11 heteroatoms. The third-order valence-corrected chi connectivity index (χ3v) is 5.52. The van der Waals surface area contributed by atoms with Gasteiger partial charge in [0.25, 0.3) is 0 Å². The summed E-state index contributed by atoms with van der Waals surface area (Å²) in [6.07, 6.45) is -5.59. The molecule has 0 unspecified atom stereocenters. The lowest BCUT2D eigenvalue weighted by molar-refractivity contribution is -0.272. The van der Waals surface area contributed by atoms with Crippen molar-refractivity contribution >= 4 is 21.6 Å². The van der Waals surface area contributed by atoms with Crippen molar-refractivity contribution in [1.29, 1.82) is 0 Å². The van der Waals surface area contributed by atoms with Crippen LogP contribution in [-0.2, 0) is 20.4 Å². The number of hydrogen-bond acceptors (Lipinski definition) is 5. The Morgan fingerprint density at radius 2 is 1.89 bits per heavy atom. The van der Waals surface area contributed by atoms with Crippen LogP contribution in [0.5, 0.6) is 0 Å². The van der Waals surface area contributed by atoms with E-state index in [0.717, 1.165) is 28.8 Å². The molecule has 2 N–H and O–H groups in total. The Hall–Kier alpha value is -2.37. The number of hydrogen-bond donors (Lipinski definition) is 2. The summed E-state index contributed by atoms with van der Waals surface area (Å²) in [7, 11) is -1.17. The van der Waals surface area contributed by atoms with Crippen LogP contribution in [-0.4, -0.2) is 44.0 Å². The number of anilines is 1. The van der Waals surface area contributed by atoms with Gasteiger partial charge in [-0.3, -0.25) is 4.79 Å². The number of nitrogens with zero attached hydrogens (tertiary/aromatic N) is 1. The zero-order valence-electron chi connectivity index (χ0n) is 14.3. The van der Waals surface area contributed by atoms with Gasteiger partial charge in [-0.15, -0.1) is 0 Å². The summed E-state index contributed by atoms with van der Waals surface area (Å²) in [5, 5.41) is 12.2. The zero-order chi connectivity index (χ0) is 20.5.